The number of hydrogen-bond donors (Lipinski definition) is 1. The van der Waals surface area contributed by atoms with Gasteiger partial charge in [0, 0.05) is 23.1 Å². The van der Waals surface area contributed by atoms with Crippen LogP contribution in [0.1, 0.15) is 11.1 Å². The highest BCUT2D eigenvalue weighted by molar-refractivity contribution is 5.93. The van der Waals surface area contributed by atoms with Crippen molar-refractivity contribution in [3.8, 4) is 22.6 Å². The maximum atomic E-state index is 6.26. The van der Waals surface area contributed by atoms with Crippen molar-refractivity contribution in [2.45, 2.75) is 6.42 Å². The van der Waals surface area contributed by atoms with Crippen LogP contribution in [0, 0.1) is 0 Å². The number of nitrogen functional groups attached to an aromatic ring is 1. The summed E-state index contributed by atoms with van der Waals surface area (Å²) >= 11 is 0. The molecule has 0 saturated carbocycles. The summed E-state index contributed by atoms with van der Waals surface area (Å²) in [6.07, 6.45) is 0.914. The molecular weight excluding hydrogens is 306 g/mol. The van der Waals surface area contributed by atoms with E-state index in [1.807, 2.05) is 30.3 Å². The Hall–Kier alpha value is -3.26. The Morgan fingerprint density at radius 3 is 2.56 bits per heavy atom. The van der Waals surface area contributed by atoms with Crippen molar-refractivity contribution in [2.24, 2.45) is 0 Å². The molecule has 1 aliphatic rings. The van der Waals surface area contributed by atoms with Crippen LogP contribution in [0.5, 0.6) is 11.5 Å². The number of hydrogen-bond acceptors (Lipinski definition) is 2. The molecule has 2 nitrogen and oxygen atoms in total. The fourth-order valence-electron chi connectivity index (χ4n) is 3.69. The SMILES string of the molecule is Nc1cccc2ccc(Oc3cccc4c3Cc3ccccc3-4)cc12. The molecule has 0 aromatic heterocycles. The quantitative estimate of drug-likeness (QED) is 0.418. The molecule has 5 rings (SSSR count). The Kier molecular flexibility index (Phi) is 3.04. The Morgan fingerprint density at radius 2 is 1.60 bits per heavy atom. The molecule has 0 spiro atoms. The summed E-state index contributed by atoms with van der Waals surface area (Å²) in [5, 5.41) is 2.15. The summed E-state index contributed by atoms with van der Waals surface area (Å²) < 4.78 is 6.26. The molecule has 2 N–H and O–H groups in total. The average Bonchev–Trinajstić information content (AvgIpc) is 3.02. The van der Waals surface area contributed by atoms with Crippen molar-refractivity contribution >= 4 is 16.5 Å². The van der Waals surface area contributed by atoms with E-state index in [1.165, 1.54) is 22.3 Å². The molecule has 0 heterocycles. The normalized spacial score (nSPS) is 12.0. The number of nitrogens with two attached hydrogens (primary N) is 1. The van der Waals surface area contributed by atoms with Gasteiger partial charge >= 0.3 is 0 Å². The zero-order chi connectivity index (χ0) is 16.8. The van der Waals surface area contributed by atoms with E-state index in [-0.39, 0.29) is 0 Å². The van der Waals surface area contributed by atoms with Gasteiger partial charge in [0.2, 0.25) is 0 Å². The molecule has 0 amide bonds. The fourth-order valence-corrected chi connectivity index (χ4v) is 3.69. The Labute approximate surface area is 146 Å². The van der Waals surface area contributed by atoms with E-state index < -0.39 is 0 Å². The fraction of sp³-hybridized carbons (Fsp3) is 0.0435. The Bertz CT molecular complexity index is 1110. The minimum absolute atomic E-state index is 0.772. The monoisotopic (exact) mass is 323 g/mol. The average molecular weight is 323 g/mol. The molecule has 25 heavy (non-hydrogen) atoms. The summed E-state index contributed by atoms with van der Waals surface area (Å²) in [6.45, 7) is 0. The maximum Gasteiger partial charge on any atom is 0.131 e. The van der Waals surface area contributed by atoms with Crippen molar-refractivity contribution in [3.05, 3.63) is 90.0 Å². The Balaban J connectivity index is 1.57. The molecule has 0 radical (unpaired) electrons. The first kappa shape index (κ1) is 14.1. The number of rotatable bonds is 2. The smallest absolute Gasteiger partial charge is 0.131 e. The van der Waals surface area contributed by atoms with Crippen molar-refractivity contribution in [1.82, 2.24) is 0 Å². The topological polar surface area (TPSA) is 35.2 Å². The highest BCUT2D eigenvalue weighted by atomic mass is 16.5. The van der Waals surface area contributed by atoms with Gasteiger partial charge in [0.25, 0.3) is 0 Å². The van der Waals surface area contributed by atoms with Crippen LogP contribution in [0.3, 0.4) is 0 Å². The zero-order valence-electron chi connectivity index (χ0n) is 13.7. The maximum absolute atomic E-state index is 6.26. The van der Waals surface area contributed by atoms with Gasteiger partial charge in [0.05, 0.1) is 0 Å². The van der Waals surface area contributed by atoms with Crippen molar-refractivity contribution in [2.75, 3.05) is 5.73 Å². The van der Waals surface area contributed by atoms with E-state index >= 15 is 0 Å². The molecule has 0 aliphatic heterocycles. The van der Waals surface area contributed by atoms with Crippen molar-refractivity contribution in [1.29, 1.82) is 0 Å². The van der Waals surface area contributed by atoms with Gasteiger partial charge in [-0.1, -0.05) is 54.6 Å². The number of fused-ring (bicyclic) bond motifs is 4. The highest BCUT2D eigenvalue weighted by Crippen LogP contribution is 2.42. The first-order valence-electron chi connectivity index (χ1n) is 8.46. The third-order valence-electron chi connectivity index (χ3n) is 4.92. The summed E-state index contributed by atoms with van der Waals surface area (Å²) in [5.74, 6) is 1.73. The first-order valence-corrected chi connectivity index (χ1v) is 8.46. The molecule has 0 bridgehead atoms. The van der Waals surface area contributed by atoms with Crippen LogP contribution in [0.25, 0.3) is 21.9 Å². The van der Waals surface area contributed by atoms with E-state index in [9.17, 15) is 0 Å². The largest absolute Gasteiger partial charge is 0.457 e. The third kappa shape index (κ3) is 2.26. The van der Waals surface area contributed by atoms with Crippen molar-refractivity contribution < 1.29 is 4.74 Å². The van der Waals surface area contributed by atoms with Gasteiger partial charge < -0.3 is 10.5 Å². The van der Waals surface area contributed by atoms with Crippen LogP contribution >= 0.6 is 0 Å². The molecule has 0 fully saturated rings. The minimum Gasteiger partial charge on any atom is -0.457 e. The van der Waals surface area contributed by atoms with Crippen LogP contribution < -0.4 is 10.5 Å². The van der Waals surface area contributed by atoms with Gasteiger partial charge in [-0.25, -0.2) is 0 Å². The molecule has 120 valence electrons. The van der Waals surface area contributed by atoms with Crippen LogP contribution in [-0.2, 0) is 6.42 Å². The summed E-state index contributed by atoms with van der Waals surface area (Å²) in [4.78, 5) is 0. The third-order valence-corrected chi connectivity index (χ3v) is 4.92. The number of anilines is 1. The zero-order valence-corrected chi connectivity index (χ0v) is 13.7. The molecule has 0 atom stereocenters. The molecule has 0 unspecified atom stereocenters. The van der Waals surface area contributed by atoms with E-state index in [4.69, 9.17) is 10.5 Å². The van der Waals surface area contributed by atoms with Crippen LogP contribution in [0.15, 0.2) is 78.9 Å². The molecule has 0 saturated heterocycles. The van der Waals surface area contributed by atoms with E-state index in [2.05, 4.69) is 48.5 Å². The standard InChI is InChI=1S/C23H17NO/c24-22-9-3-6-15-11-12-17(14-20(15)22)25-23-10-4-8-19-18-7-2-1-5-16(18)13-21(19)23/h1-12,14H,13,24H2. The minimum atomic E-state index is 0.772. The van der Waals surface area contributed by atoms with Gasteiger partial charge in [-0.15, -0.1) is 0 Å². The Morgan fingerprint density at radius 1 is 0.760 bits per heavy atom. The molecule has 2 heteroatoms. The summed E-state index contributed by atoms with van der Waals surface area (Å²) in [6, 6.07) is 26.9. The second-order valence-corrected chi connectivity index (χ2v) is 6.45. The van der Waals surface area contributed by atoms with Crippen LogP contribution in [0.4, 0.5) is 5.69 Å². The lowest BCUT2D eigenvalue weighted by Gasteiger charge is -2.12. The lowest BCUT2D eigenvalue weighted by Crippen LogP contribution is -1.92. The first-order chi connectivity index (χ1) is 12.3. The van der Waals surface area contributed by atoms with Gasteiger partial charge in [-0.3, -0.25) is 0 Å². The summed E-state index contributed by atoms with van der Waals surface area (Å²) in [7, 11) is 0. The van der Waals surface area contributed by atoms with Crippen LogP contribution in [0.2, 0.25) is 0 Å². The summed E-state index contributed by atoms with van der Waals surface area (Å²) in [5.41, 5.74) is 12.1. The van der Waals surface area contributed by atoms with Crippen molar-refractivity contribution in [3.63, 3.8) is 0 Å². The van der Waals surface area contributed by atoms with Crippen LogP contribution in [-0.4, -0.2) is 0 Å². The van der Waals surface area contributed by atoms with E-state index in [0.29, 0.717) is 0 Å². The second-order valence-electron chi connectivity index (χ2n) is 6.45. The molecular formula is C23H17NO. The van der Waals surface area contributed by atoms with Gasteiger partial charge in [-0.05, 0) is 46.3 Å². The van der Waals surface area contributed by atoms with Gasteiger partial charge in [0.15, 0.2) is 0 Å². The predicted molar refractivity (Wildman–Crippen MR) is 103 cm³/mol. The van der Waals surface area contributed by atoms with E-state index in [1.54, 1.807) is 0 Å². The lowest BCUT2D eigenvalue weighted by molar-refractivity contribution is 0.479. The molecule has 4 aromatic carbocycles. The number of ether oxygens (including phenoxy) is 1. The second kappa shape index (κ2) is 5.38. The van der Waals surface area contributed by atoms with Gasteiger partial charge in [0.1, 0.15) is 11.5 Å². The number of benzene rings is 4. The lowest BCUT2D eigenvalue weighted by atomic mass is 10.1. The van der Waals surface area contributed by atoms with E-state index in [0.717, 1.165) is 34.4 Å². The molecule has 1 aliphatic carbocycles. The predicted octanol–water partition coefficient (Wildman–Crippen LogP) is 5.79. The molecule has 4 aromatic rings. The van der Waals surface area contributed by atoms with Gasteiger partial charge in [-0.2, -0.15) is 0 Å². The highest BCUT2D eigenvalue weighted by Gasteiger charge is 2.21.